The van der Waals surface area contributed by atoms with Gasteiger partial charge in [0.25, 0.3) is 0 Å². The van der Waals surface area contributed by atoms with E-state index in [1.807, 2.05) is 18.2 Å². The maximum absolute atomic E-state index is 3.60. The normalized spacial score (nSPS) is 17.2. The topological polar surface area (TPSA) is 0 Å². The molecule has 0 aromatic heterocycles. The lowest BCUT2D eigenvalue weighted by molar-refractivity contribution is 1.03. The molecule has 0 unspecified atom stereocenters. The summed E-state index contributed by atoms with van der Waals surface area (Å²) in [6, 6.07) is 0. The van der Waals surface area contributed by atoms with E-state index in [0.717, 1.165) is 0 Å². The van der Waals surface area contributed by atoms with Crippen molar-refractivity contribution in [3.63, 3.8) is 0 Å². The van der Waals surface area contributed by atoms with Crippen LogP contribution in [0.5, 0.6) is 0 Å². The van der Waals surface area contributed by atoms with E-state index < -0.39 is 0 Å². The van der Waals surface area contributed by atoms with Gasteiger partial charge in [-0.05, 0) is 18.4 Å². The molecule has 0 amide bonds. The summed E-state index contributed by atoms with van der Waals surface area (Å²) in [5, 5.41) is 0. The zero-order valence-electron chi connectivity index (χ0n) is 7.24. The van der Waals surface area contributed by atoms with Crippen molar-refractivity contribution < 1.29 is 0 Å². The van der Waals surface area contributed by atoms with Crippen molar-refractivity contribution in [3.8, 4) is 0 Å². The Morgan fingerprint density at radius 1 is 1.17 bits per heavy atom. The molecular formula is C12H14. The molecule has 0 bridgehead atoms. The van der Waals surface area contributed by atoms with Gasteiger partial charge in [0.2, 0.25) is 0 Å². The van der Waals surface area contributed by atoms with E-state index in [1.165, 1.54) is 18.4 Å². The Kier molecular flexibility index (Phi) is 3.93. The van der Waals surface area contributed by atoms with E-state index in [-0.39, 0.29) is 0 Å². The Labute approximate surface area is 74.3 Å². The monoisotopic (exact) mass is 158 g/mol. The number of allylic oxidation sites excluding steroid dienone is 9. The van der Waals surface area contributed by atoms with Crippen LogP contribution < -0.4 is 0 Å². The molecule has 0 saturated heterocycles. The molecule has 0 N–H and O–H groups in total. The summed E-state index contributed by atoms with van der Waals surface area (Å²) in [4.78, 5) is 0. The second-order valence-corrected chi connectivity index (χ2v) is 2.66. The molecule has 0 aromatic carbocycles. The number of rotatable bonds is 3. The van der Waals surface area contributed by atoms with Gasteiger partial charge in [0, 0.05) is 0 Å². The van der Waals surface area contributed by atoms with Gasteiger partial charge in [-0.3, -0.25) is 0 Å². The minimum Gasteiger partial charge on any atom is -0.0991 e. The Hall–Kier alpha value is -1.30. The molecule has 1 rings (SSSR count). The van der Waals surface area contributed by atoms with Gasteiger partial charge in [0.15, 0.2) is 0 Å². The van der Waals surface area contributed by atoms with Crippen LogP contribution in [0.2, 0.25) is 0 Å². The molecule has 0 spiro atoms. The quantitative estimate of drug-likeness (QED) is 0.551. The van der Waals surface area contributed by atoms with Gasteiger partial charge in [-0.2, -0.15) is 0 Å². The Morgan fingerprint density at radius 2 is 2.08 bits per heavy atom. The van der Waals surface area contributed by atoms with Crippen LogP contribution in [-0.2, 0) is 0 Å². The van der Waals surface area contributed by atoms with Crippen molar-refractivity contribution in [1.82, 2.24) is 0 Å². The summed E-state index contributed by atoms with van der Waals surface area (Å²) < 4.78 is 0. The minimum atomic E-state index is 1.17. The van der Waals surface area contributed by atoms with Crippen LogP contribution in [0.4, 0.5) is 0 Å². The molecule has 0 fully saturated rings. The fourth-order valence-electron chi connectivity index (χ4n) is 1.07. The van der Waals surface area contributed by atoms with Crippen molar-refractivity contribution >= 4 is 0 Å². The predicted molar refractivity (Wildman–Crippen MR) is 54.9 cm³/mol. The molecule has 0 aliphatic heterocycles. The van der Waals surface area contributed by atoms with Gasteiger partial charge in [-0.25, -0.2) is 0 Å². The average molecular weight is 158 g/mol. The van der Waals surface area contributed by atoms with Crippen LogP contribution >= 0.6 is 0 Å². The lowest BCUT2D eigenvalue weighted by Crippen LogP contribution is -1.79. The molecule has 0 heterocycles. The lowest BCUT2D eigenvalue weighted by Gasteiger charge is -1.99. The largest absolute Gasteiger partial charge is 0.0991 e. The van der Waals surface area contributed by atoms with Crippen LogP contribution in [0.3, 0.4) is 0 Å². The third-order valence-electron chi connectivity index (χ3n) is 1.67. The molecular weight excluding hydrogens is 144 g/mol. The average Bonchev–Trinajstić information content (AvgIpc) is 2.14. The standard InChI is InChI=1S/C12H14/c1-2-3-4-6-9-12-10-7-5-8-11-12/h2-4,6-7,9-11H,1,5,8H2/b4-3-,9-6+. The molecule has 0 atom stereocenters. The van der Waals surface area contributed by atoms with Crippen molar-refractivity contribution in [2.24, 2.45) is 0 Å². The highest BCUT2D eigenvalue weighted by Gasteiger charge is 1.89. The first kappa shape index (κ1) is 8.79. The first-order valence-corrected chi connectivity index (χ1v) is 4.26. The molecule has 0 heteroatoms. The summed E-state index contributed by atoms with van der Waals surface area (Å²) in [6.07, 6.45) is 18.8. The van der Waals surface area contributed by atoms with Crippen LogP contribution in [0.1, 0.15) is 12.8 Å². The van der Waals surface area contributed by atoms with Gasteiger partial charge in [-0.15, -0.1) is 0 Å². The van der Waals surface area contributed by atoms with Crippen LogP contribution in [0.15, 0.2) is 60.8 Å². The Balaban J connectivity index is 2.44. The van der Waals surface area contributed by atoms with Crippen molar-refractivity contribution in [3.05, 3.63) is 60.8 Å². The van der Waals surface area contributed by atoms with E-state index in [4.69, 9.17) is 0 Å². The van der Waals surface area contributed by atoms with Gasteiger partial charge in [-0.1, -0.05) is 55.2 Å². The maximum Gasteiger partial charge on any atom is -0.0300 e. The fraction of sp³-hybridized carbons (Fsp3) is 0.167. The SMILES string of the molecule is C=C/C=C\C=C\C1=CCCC=C1. The Bertz CT molecular complexity index is 249. The molecule has 0 aromatic rings. The fourth-order valence-corrected chi connectivity index (χ4v) is 1.07. The summed E-state index contributed by atoms with van der Waals surface area (Å²) in [5.74, 6) is 0. The summed E-state index contributed by atoms with van der Waals surface area (Å²) in [5.41, 5.74) is 1.30. The smallest absolute Gasteiger partial charge is 0.0300 e. The predicted octanol–water partition coefficient (Wildman–Crippen LogP) is 3.56. The zero-order valence-corrected chi connectivity index (χ0v) is 7.24. The highest BCUT2D eigenvalue weighted by molar-refractivity contribution is 5.34. The highest BCUT2D eigenvalue weighted by Crippen LogP contribution is 2.10. The number of hydrogen-bond donors (Lipinski definition) is 0. The summed E-state index contributed by atoms with van der Waals surface area (Å²) >= 11 is 0. The van der Waals surface area contributed by atoms with E-state index in [1.54, 1.807) is 6.08 Å². The van der Waals surface area contributed by atoms with Gasteiger partial charge >= 0.3 is 0 Å². The minimum absolute atomic E-state index is 1.17. The van der Waals surface area contributed by atoms with Crippen LogP contribution in [0, 0.1) is 0 Å². The molecule has 0 saturated carbocycles. The molecule has 0 radical (unpaired) electrons. The second kappa shape index (κ2) is 5.36. The first-order chi connectivity index (χ1) is 5.93. The first-order valence-electron chi connectivity index (χ1n) is 4.26. The Morgan fingerprint density at radius 3 is 2.75 bits per heavy atom. The second-order valence-electron chi connectivity index (χ2n) is 2.66. The molecule has 1 aliphatic rings. The van der Waals surface area contributed by atoms with Gasteiger partial charge in [0.05, 0.1) is 0 Å². The van der Waals surface area contributed by atoms with Crippen molar-refractivity contribution in [2.75, 3.05) is 0 Å². The lowest BCUT2D eigenvalue weighted by atomic mass is 10.1. The van der Waals surface area contributed by atoms with E-state index in [9.17, 15) is 0 Å². The van der Waals surface area contributed by atoms with Gasteiger partial charge in [0.1, 0.15) is 0 Å². The molecule has 1 aliphatic carbocycles. The summed E-state index contributed by atoms with van der Waals surface area (Å²) in [6.45, 7) is 3.60. The third-order valence-corrected chi connectivity index (χ3v) is 1.67. The van der Waals surface area contributed by atoms with E-state index >= 15 is 0 Å². The third kappa shape index (κ3) is 3.20. The molecule has 0 nitrogen and oxygen atoms in total. The number of hydrogen-bond acceptors (Lipinski definition) is 0. The summed E-state index contributed by atoms with van der Waals surface area (Å²) in [7, 11) is 0. The van der Waals surface area contributed by atoms with Crippen LogP contribution in [0.25, 0.3) is 0 Å². The van der Waals surface area contributed by atoms with E-state index in [0.29, 0.717) is 0 Å². The van der Waals surface area contributed by atoms with Crippen molar-refractivity contribution in [1.29, 1.82) is 0 Å². The maximum atomic E-state index is 3.60. The van der Waals surface area contributed by atoms with E-state index in [2.05, 4.69) is 30.9 Å². The molecule has 62 valence electrons. The zero-order chi connectivity index (χ0) is 8.65. The highest BCUT2D eigenvalue weighted by atomic mass is 14.0. The van der Waals surface area contributed by atoms with Gasteiger partial charge < -0.3 is 0 Å². The molecule has 12 heavy (non-hydrogen) atoms. The van der Waals surface area contributed by atoms with Crippen LogP contribution in [-0.4, -0.2) is 0 Å². The van der Waals surface area contributed by atoms with Crippen molar-refractivity contribution in [2.45, 2.75) is 12.8 Å².